The topological polar surface area (TPSA) is 98.0 Å². The molecule has 2 aromatic heterocycles. The molecule has 0 fully saturated rings. The SMILES string of the molecule is CC.NC(=O)c1cnccc1NC(=O)c1ccncc1. The van der Waals surface area contributed by atoms with Gasteiger partial charge in [-0.1, -0.05) is 13.8 Å². The van der Waals surface area contributed by atoms with Crippen molar-refractivity contribution >= 4 is 17.5 Å². The maximum atomic E-state index is 11.9. The van der Waals surface area contributed by atoms with Gasteiger partial charge in [0.25, 0.3) is 11.8 Å². The molecule has 3 N–H and O–H groups in total. The summed E-state index contributed by atoms with van der Waals surface area (Å²) < 4.78 is 0. The van der Waals surface area contributed by atoms with Gasteiger partial charge in [0.15, 0.2) is 0 Å². The van der Waals surface area contributed by atoms with Gasteiger partial charge in [0.05, 0.1) is 11.3 Å². The molecule has 0 aromatic carbocycles. The summed E-state index contributed by atoms with van der Waals surface area (Å²) in [5, 5.41) is 2.60. The number of rotatable bonds is 3. The Morgan fingerprint density at radius 1 is 1.05 bits per heavy atom. The lowest BCUT2D eigenvalue weighted by Gasteiger charge is -2.07. The average Bonchev–Trinajstić information content (AvgIpc) is 2.50. The van der Waals surface area contributed by atoms with E-state index in [0.29, 0.717) is 11.3 Å². The highest BCUT2D eigenvalue weighted by atomic mass is 16.2. The fraction of sp³-hybridized carbons (Fsp3) is 0.143. The fourth-order valence-corrected chi connectivity index (χ4v) is 1.40. The lowest BCUT2D eigenvalue weighted by molar-refractivity contribution is 0.100. The van der Waals surface area contributed by atoms with Crippen molar-refractivity contribution in [3.8, 4) is 0 Å². The maximum Gasteiger partial charge on any atom is 0.255 e. The molecule has 0 aliphatic carbocycles. The van der Waals surface area contributed by atoms with E-state index < -0.39 is 5.91 Å². The molecule has 6 nitrogen and oxygen atoms in total. The van der Waals surface area contributed by atoms with Crippen LogP contribution in [0.1, 0.15) is 34.6 Å². The predicted molar refractivity (Wildman–Crippen MR) is 76.3 cm³/mol. The summed E-state index contributed by atoms with van der Waals surface area (Å²) in [6, 6.07) is 4.65. The fourth-order valence-electron chi connectivity index (χ4n) is 1.40. The second-order valence-corrected chi connectivity index (χ2v) is 3.48. The number of hydrogen-bond acceptors (Lipinski definition) is 4. The molecule has 20 heavy (non-hydrogen) atoms. The maximum absolute atomic E-state index is 11.9. The van der Waals surface area contributed by atoms with E-state index >= 15 is 0 Å². The van der Waals surface area contributed by atoms with Crippen molar-refractivity contribution in [1.82, 2.24) is 9.97 Å². The first-order valence-corrected chi connectivity index (χ1v) is 6.13. The minimum Gasteiger partial charge on any atom is -0.365 e. The minimum absolute atomic E-state index is 0.167. The molecule has 104 valence electrons. The van der Waals surface area contributed by atoms with Crippen molar-refractivity contribution < 1.29 is 9.59 Å². The summed E-state index contributed by atoms with van der Waals surface area (Å²) in [6.45, 7) is 4.00. The monoisotopic (exact) mass is 272 g/mol. The molecule has 0 saturated carbocycles. The van der Waals surface area contributed by atoms with Gasteiger partial charge in [-0.15, -0.1) is 0 Å². The number of pyridine rings is 2. The summed E-state index contributed by atoms with van der Waals surface area (Å²) in [7, 11) is 0. The Balaban J connectivity index is 0.000000956. The molecule has 2 amide bonds. The summed E-state index contributed by atoms with van der Waals surface area (Å²) in [5.74, 6) is -0.987. The number of aromatic nitrogens is 2. The molecular formula is C14H16N4O2. The number of primary amides is 1. The van der Waals surface area contributed by atoms with Gasteiger partial charge < -0.3 is 11.1 Å². The third-order valence-electron chi connectivity index (χ3n) is 2.28. The first kappa shape index (κ1) is 15.3. The largest absolute Gasteiger partial charge is 0.365 e. The lowest BCUT2D eigenvalue weighted by Crippen LogP contribution is -2.18. The number of nitrogens with zero attached hydrogens (tertiary/aromatic N) is 2. The number of nitrogens with one attached hydrogen (secondary N) is 1. The van der Waals surface area contributed by atoms with Gasteiger partial charge in [-0.3, -0.25) is 19.6 Å². The van der Waals surface area contributed by atoms with E-state index in [1.54, 1.807) is 12.1 Å². The van der Waals surface area contributed by atoms with Gasteiger partial charge >= 0.3 is 0 Å². The highest BCUT2D eigenvalue weighted by molar-refractivity contribution is 6.08. The Morgan fingerprint density at radius 2 is 1.65 bits per heavy atom. The van der Waals surface area contributed by atoms with Crippen LogP contribution in [0.3, 0.4) is 0 Å². The molecular weight excluding hydrogens is 256 g/mol. The number of nitrogens with two attached hydrogens (primary N) is 1. The Hall–Kier alpha value is -2.76. The number of anilines is 1. The molecule has 0 bridgehead atoms. The Kier molecular flexibility index (Phi) is 5.83. The average molecular weight is 272 g/mol. The van der Waals surface area contributed by atoms with Gasteiger partial charge in [0.1, 0.15) is 0 Å². The van der Waals surface area contributed by atoms with Crippen molar-refractivity contribution in [3.05, 3.63) is 54.1 Å². The molecule has 2 aromatic rings. The van der Waals surface area contributed by atoms with Gasteiger partial charge in [0, 0.05) is 30.4 Å². The Bertz CT molecular complexity index is 585. The van der Waals surface area contributed by atoms with Crippen LogP contribution in [0.2, 0.25) is 0 Å². The smallest absolute Gasteiger partial charge is 0.255 e. The third-order valence-corrected chi connectivity index (χ3v) is 2.28. The van der Waals surface area contributed by atoms with Crippen LogP contribution in [0.15, 0.2) is 43.0 Å². The van der Waals surface area contributed by atoms with E-state index in [1.807, 2.05) is 13.8 Å². The number of carbonyl (C=O) groups excluding carboxylic acids is 2. The molecule has 0 atom stereocenters. The Morgan fingerprint density at radius 3 is 2.25 bits per heavy atom. The minimum atomic E-state index is -0.645. The van der Waals surface area contributed by atoms with Crippen LogP contribution >= 0.6 is 0 Å². The van der Waals surface area contributed by atoms with Crippen LogP contribution in [0.25, 0.3) is 0 Å². The molecule has 0 radical (unpaired) electrons. The van der Waals surface area contributed by atoms with Crippen LogP contribution in [-0.2, 0) is 0 Å². The molecule has 0 unspecified atom stereocenters. The summed E-state index contributed by atoms with van der Waals surface area (Å²) in [4.78, 5) is 30.6. The van der Waals surface area contributed by atoms with Gasteiger partial charge in [-0.05, 0) is 18.2 Å². The van der Waals surface area contributed by atoms with Gasteiger partial charge in [-0.2, -0.15) is 0 Å². The predicted octanol–water partition coefficient (Wildman–Crippen LogP) is 1.85. The van der Waals surface area contributed by atoms with Crippen molar-refractivity contribution in [2.75, 3.05) is 5.32 Å². The van der Waals surface area contributed by atoms with Crippen LogP contribution in [0.5, 0.6) is 0 Å². The summed E-state index contributed by atoms with van der Waals surface area (Å²) in [6.07, 6.45) is 5.80. The van der Waals surface area contributed by atoms with Crippen molar-refractivity contribution in [1.29, 1.82) is 0 Å². The van der Waals surface area contributed by atoms with E-state index in [9.17, 15) is 9.59 Å². The summed E-state index contributed by atoms with van der Waals surface area (Å²) >= 11 is 0. The molecule has 0 aliphatic rings. The van der Waals surface area contributed by atoms with E-state index in [2.05, 4.69) is 15.3 Å². The number of hydrogen-bond donors (Lipinski definition) is 2. The highest BCUT2D eigenvalue weighted by Gasteiger charge is 2.11. The van der Waals surface area contributed by atoms with E-state index in [-0.39, 0.29) is 11.5 Å². The van der Waals surface area contributed by atoms with Gasteiger partial charge in [-0.25, -0.2) is 0 Å². The second-order valence-electron chi connectivity index (χ2n) is 3.48. The third kappa shape index (κ3) is 3.88. The van der Waals surface area contributed by atoms with Crippen LogP contribution in [-0.4, -0.2) is 21.8 Å². The molecule has 2 rings (SSSR count). The lowest BCUT2D eigenvalue weighted by atomic mass is 10.2. The number of amides is 2. The zero-order valence-electron chi connectivity index (χ0n) is 11.3. The molecule has 0 aliphatic heterocycles. The van der Waals surface area contributed by atoms with Crippen molar-refractivity contribution in [2.24, 2.45) is 5.73 Å². The first-order valence-electron chi connectivity index (χ1n) is 6.13. The van der Waals surface area contributed by atoms with Crippen molar-refractivity contribution in [2.45, 2.75) is 13.8 Å². The quantitative estimate of drug-likeness (QED) is 0.890. The highest BCUT2D eigenvalue weighted by Crippen LogP contribution is 2.14. The first-order chi connectivity index (χ1) is 9.68. The van der Waals surface area contributed by atoms with E-state index in [4.69, 9.17) is 5.73 Å². The standard InChI is InChI=1S/C12H10N4O2.C2H6/c13-11(17)9-7-15-6-3-10(9)16-12(18)8-1-4-14-5-2-8;1-2/h1-7H,(H2,13,17)(H,15,16,18);1-2H3. The van der Waals surface area contributed by atoms with Crippen LogP contribution in [0.4, 0.5) is 5.69 Å². The van der Waals surface area contributed by atoms with E-state index in [0.717, 1.165) is 0 Å². The summed E-state index contributed by atoms with van der Waals surface area (Å²) in [5.41, 5.74) is 6.13. The number of carbonyl (C=O) groups is 2. The zero-order chi connectivity index (χ0) is 15.0. The van der Waals surface area contributed by atoms with Crippen LogP contribution < -0.4 is 11.1 Å². The van der Waals surface area contributed by atoms with Crippen LogP contribution in [0, 0.1) is 0 Å². The molecule has 6 heteroatoms. The van der Waals surface area contributed by atoms with E-state index in [1.165, 1.54) is 30.9 Å². The molecule has 0 saturated heterocycles. The molecule has 0 spiro atoms. The Labute approximate surface area is 117 Å². The second kappa shape index (κ2) is 7.63. The van der Waals surface area contributed by atoms with Crippen molar-refractivity contribution in [3.63, 3.8) is 0 Å². The zero-order valence-corrected chi connectivity index (χ0v) is 11.3. The van der Waals surface area contributed by atoms with Gasteiger partial charge in [0.2, 0.25) is 0 Å². The molecule has 2 heterocycles. The normalized spacial score (nSPS) is 9.10.